The van der Waals surface area contributed by atoms with Gasteiger partial charge in [0.1, 0.15) is 6.10 Å². The molecule has 1 atom stereocenters. The lowest BCUT2D eigenvalue weighted by Gasteiger charge is -2.21. The van der Waals surface area contributed by atoms with Gasteiger partial charge < -0.3 is 15.4 Å². The largest absolute Gasteiger partial charge is 0.368 e. The Morgan fingerprint density at radius 3 is 2.58 bits per heavy atom. The Labute approximate surface area is 112 Å². The van der Waals surface area contributed by atoms with Crippen molar-refractivity contribution in [3.63, 3.8) is 0 Å². The molecular formula is C14H18N2O3. The quantitative estimate of drug-likeness (QED) is 0.877. The average Bonchev–Trinajstić information content (AvgIpc) is 2.39. The summed E-state index contributed by atoms with van der Waals surface area (Å²) in [6.45, 7) is 2.09. The summed E-state index contributed by atoms with van der Waals surface area (Å²) in [5.74, 6) is -0.265. The number of amides is 2. The number of hydrogen-bond donors (Lipinski definition) is 2. The highest BCUT2D eigenvalue weighted by molar-refractivity contribution is 5.95. The third kappa shape index (κ3) is 4.06. The second-order valence-corrected chi connectivity index (χ2v) is 4.61. The molecule has 1 aliphatic rings. The van der Waals surface area contributed by atoms with Crippen LogP contribution < -0.4 is 10.6 Å². The molecule has 1 aromatic carbocycles. The lowest BCUT2D eigenvalue weighted by Crippen LogP contribution is -2.33. The van der Waals surface area contributed by atoms with Gasteiger partial charge >= 0.3 is 0 Å². The second kappa shape index (κ2) is 6.33. The van der Waals surface area contributed by atoms with E-state index in [2.05, 4.69) is 10.6 Å². The van der Waals surface area contributed by atoms with Crippen LogP contribution >= 0.6 is 0 Å². The van der Waals surface area contributed by atoms with E-state index >= 15 is 0 Å². The van der Waals surface area contributed by atoms with Gasteiger partial charge in [-0.2, -0.15) is 0 Å². The van der Waals surface area contributed by atoms with E-state index in [1.54, 1.807) is 24.3 Å². The number of benzene rings is 1. The van der Waals surface area contributed by atoms with E-state index in [0.29, 0.717) is 18.0 Å². The normalized spacial score (nSPS) is 18.7. The van der Waals surface area contributed by atoms with E-state index in [4.69, 9.17) is 4.74 Å². The van der Waals surface area contributed by atoms with Crippen LogP contribution in [0, 0.1) is 0 Å². The molecule has 2 rings (SSSR count). The molecule has 5 heteroatoms. The van der Waals surface area contributed by atoms with Gasteiger partial charge in [-0.1, -0.05) is 6.07 Å². The van der Waals surface area contributed by atoms with Crippen molar-refractivity contribution in [2.45, 2.75) is 32.3 Å². The second-order valence-electron chi connectivity index (χ2n) is 4.61. The summed E-state index contributed by atoms with van der Waals surface area (Å²) in [6.07, 6.45) is 2.43. The van der Waals surface area contributed by atoms with Crippen LogP contribution in [-0.2, 0) is 14.3 Å². The maximum absolute atomic E-state index is 12.0. The van der Waals surface area contributed by atoms with Crippen LogP contribution in [0.3, 0.4) is 0 Å². The van der Waals surface area contributed by atoms with Gasteiger partial charge in [-0.25, -0.2) is 0 Å². The van der Waals surface area contributed by atoms with Gasteiger partial charge in [0.05, 0.1) is 0 Å². The zero-order valence-electron chi connectivity index (χ0n) is 10.9. The van der Waals surface area contributed by atoms with Gasteiger partial charge in [0.25, 0.3) is 5.91 Å². The number of carbonyl (C=O) groups is 2. The van der Waals surface area contributed by atoms with Crippen molar-refractivity contribution in [2.24, 2.45) is 0 Å². The minimum atomic E-state index is -0.363. The first-order valence-electron chi connectivity index (χ1n) is 6.45. The minimum Gasteiger partial charge on any atom is -0.368 e. The van der Waals surface area contributed by atoms with Gasteiger partial charge in [0.2, 0.25) is 5.91 Å². The maximum Gasteiger partial charge on any atom is 0.253 e. The van der Waals surface area contributed by atoms with E-state index in [9.17, 15) is 9.59 Å². The van der Waals surface area contributed by atoms with Crippen LogP contribution in [0.1, 0.15) is 26.2 Å². The molecule has 1 fully saturated rings. The van der Waals surface area contributed by atoms with E-state index in [1.807, 2.05) is 0 Å². The van der Waals surface area contributed by atoms with Crippen molar-refractivity contribution in [2.75, 3.05) is 17.2 Å². The predicted octanol–water partition coefficient (Wildman–Crippen LogP) is 2.15. The molecule has 2 amide bonds. The standard InChI is InChI=1S/C14H18N2O3/c1-10(17)15-11-5-4-6-12(9-11)16-14(18)13-7-2-3-8-19-13/h4-6,9,13H,2-3,7-8H2,1H3,(H,15,17)(H,16,18). The Kier molecular flexibility index (Phi) is 4.52. The molecule has 2 N–H and O–H groups in total. The molecule has 1 heterocycles. The molecule has 102 valence electrons. The van der Waals surface area contributed by atoms with Crippen LogP contribution in [-0.4, -0.2) is 24.5 Å². The Balaban J connectivity index is 1.97. The highest BCUT2D eigenvalue weighted by atomic mass is 16.5. The molecule has 0 aliphatic carbocycles. The third-order valence-corrected chi connectivity index (χ3v) is 2.92. The minimum absolute atomic E-state index is 0.125. The molecule has 1 unspecified atom stereocenters. The van der Waals surface area contributed by atoms with Crippen LogP contribution in [0.2, 0.25) is 0 Å². The summed E-state index contributed by atoms with van der Waals surface area (Å²) in [7, 11) is 0. The zero-order valence-corrected chi connectivity index (χ0v) is 10.9. The third-order valence-electron chi connectivity index (χ3n) is 2.92. The average molecular weight is 262 g/mol. The van der Waals surface area contributed by atoms with Crippen molar-refractivity contribution < 1.29 is 14.3 Å². The number of hydrogen-bond acceptors (Lipinski definition) is 3. The molecule has 1 aliphatic heterocycles. The number of carbonyl (C=O) groups excluding carboxylic acids is 2. The molecule has 1 aromatic rings. The van der Waals surface area contributed by atoms with Gasteiger partial charge in [0.15, 0.2) is 0 Å². The molecule has 0 spiro atoms. The van der Waals surface area contributed by atoms with Crippen molar-refractivity contribution in [3.8, 4) is 0 Å². The topological polar surface area (TPSA) is 67.4 Å². The van der Waals surface area contributed by atoms with Gasteiger partial charge in [0, 0.05) is 24.9 Å². The molecule has 1 saturated heterocycles. The fraction of sp³-hybridized carbons (Fsp3) is 0.429. The molecule has 0 aromatic heterocycles. The van der Waals surface area contributed by atoms with Gasteiger partial charge in [-0.05, 0) is 37.5 Å². The predicted molar refractivity (Wildman–Crippen MR) is 73.0 cm³/mol. The summed E-state index contributed by atoms with van der Waals surface area (Å²) < 4.78 is 5.42. The summed E-state index contributed by atoms with van der Waals surface area (Å²) in [5.41, 5.74) is 1.32. The lowest BCUT2D eigenvalue weighted by atomic mass is 10.1. The first-order valence-corrected chi connectivity index (χ1v) is 6.45. The summed E-state index contributed by atoms with van der Waals surface area (Å²) >= 11 is 0. The lowest BCUT2D eigenvalue weighted by molar-refractivity contribution is -0.130. The SMILES string of the molecule is CC(=O)Nc1cccc(NC(=O)C2CCCCO2)c1. The fourth-order valence-electron chi connectivity index (χ4n) is 2.05. The maximum atomic E-state index is 12.0. The van der Waals surface area contributed by atoms with Crippen molar-refractivity contribution in [1.29, 1.82) is 0 Å². The van der Waals surface area contributed by atoms with Crippen LogP contribution in [0.5, 0.6) is 0 Å². The molecule has 0 saturated carbocycles. The van der Waals surface area contributed by atoms with Crippen LogP contribution in [0.25, 0.3) is 0 Å². The highest BCUT2D eigenvalue weighted by Crippen LogP contribution is 2.18. The zero-order chi connectivity index (χ0) is 13.7. The summed E-state index contributed by atoms with van der Waals surface area (Å²) in [5, 5.41) is 5.49. The number of nitrogens with one attached hydrogen (secondary N) is 2. The Morgan fingerprint density at radius 2 is 1.95 bits per heavy atom. The van der Waals surface area contributed by atoms with E-state index in [-0.39, 0.29) is 17.9 Å². The molecule has 19 heavy (non-hydrogen) atoms. The van der Waals surface area contributed by atoms with Crippen LogP contribution in [0.15, 0.2) is 24.3 Å². The Bertz CT molecular complexity index is 468. The van der Waals surface area contributed by atoms with Gasteiger partial charge in [-0.3, -0.25) is 9.59 Å². The first-order chi connectivity index (χ1) is 9.15. The summed E-state index contributed by atoms with van der Waals surface area (Å²) in [4.78, 5) is 23.0. The smallest absolute Gasteiger partial charge is 0.253 e. The van der Waals surface area contributed by atoms with Crippen molar-refractivity contribution >= 4 is 23.2 Å². The van der Waals surface area contributed by atoms with E-state index in [0.717, 1.165) is 19.3 Å². The number of rotatable bonds is 3. The van der Waals surface area contributed by atoms with E-state index < -0.39 is 0 Å². The summed E-state index contributed by atoms with van der Waals surface area (Å²) in [6, 6.07) is 7.06. The van der Waals surface area contributed by atoms with E-state index in [1.165, 1.54) is 6.92 Å². The number of ether oxygens (including phenoxy) is 1. The first kappa shape index (κ1) is 13.5. The Hall–Kier alpha value is -1.88. The fourth-order valence-corrected chi connectivity index (χ4v) is 2.05. The van der Waals surface area contributed by atoms with Crippen LogP contribution in [0.4, 0.5) is 11.4 Å². The van der Waals surface area contributed by atoms with Crippen molar-refractivity contribution in [1.82, 2.24) is 0 Å². The monoisotopic (exact) mass is 262 g/mol. The van der Waals surface area contributed by atoms with Crippen molar-refractivity contribution in [3.05, 3.63) is 24.3 Å². The molecule has 0 bridgehead atoms. The number of anilines is 2. The molecular weight excluding hydrogens is 244 g/mol. The molecule has 5 nitrogen and oxygen atoms in total. The molecule has 0 radical (unpaired) electrons. The highest BCUT2D eigenvalue weighted by Gasteiger charge is 2.21. The van der Waals surface area contributed by atoms with Gasteiger partial charge in [-0.15, -0.1) is 0 Å². The Morgan fingerprint density at radius 1 is 1.21 bits per heavy atom.